The van der Waals surface area contributed by atoms with Crippen LogP contribution in [-0.2, 0) is 23.0 Å². The number of fused-ring (bicyclic) bond motifs is 2. The second-order valence-electron chi connectivity index (χ2n) is 7.46. The van der Waals surface area contributed by atoms with Crippen LogP contribution in [0.25, 0.3) is 10.2 Å². The molecule has 1 aromatic heterocycles. The zero-order valence-electron chi connectivity index (χ0n) is 16.9. The summed E-state index contributed by atoms with van der Waals surface area (Å²) in [5.74, 6) is -0.527. The fourth-order valence-corrected chi connectivity index (χ4v) is 5.00. The average Bonchev–Trinajstić information content (AvgIpc) is 3.12. The van der Waals surface area contributed by atoms with Crippen molar-refractivity contribution in [1.29, 1.82) is 0 Å². The van der Waals surface area contributed by atoms with E-state index in [4.69, 9.17) is 0 Å². The molecule has 0 radical (unpaired) electrons. The molecule has 32 heavy (non-hydrogen) atoms. The summed E-state index contributed by atoms with van der Waals surface area (Å²) in [6, 6.07) is 9.34. The quantitative estimate of drug-likeness (QED) is 0.401. The Morgan fingerprint density at radius 3 is 2.72 bits per heavy atom. The van der Waals surface area contributed by atoms with E-state index in [1.807, 2.05) is 13.0 Å². The van der Waals surface area contributed by atoms with Crippen LogP contribution in [-0.4, -0.2) is 42.3 Å². The van der Waals surface area contributed by atoms with E-state index in [1.165, 1.54) is 23.5 Å². The number of hydrogen-bond acceptors (Lipinski definition) is 6. The lowest BCUT2D eigenvalue weighted by atomic mass is 9.99. The molecule has 0 bridgehead atoms. The Hall–Kier alpha value is -2.66. The number of aromatic nitrogens is 1. The first-order chi connectivity index (χ1) is 15.1. The van der Waals surface area contributed by atoms with Crippen molar-refractivity contribution < 1.29 is 30.6 Å². The molecule has 1 aliphatic heterocycles. The van der Waals surface area contributed by atoms with Crippen molar-refractivity contribution in [2.24, 2.45) is 0 Å². The molecule has 0 fully saturated rings. The Balaban J connectivity index is 1.59. The summed E-state index contributed by atoms with van der Waals surface area (Å²) < 4.78 is 65.7. The van der Waals surface area contributed by atoms with Gasteiger partial charge in [0.05, 0.1) is 15.7 Å². The van der Waals surface area contributed by atoms with E-state index in [0.29, 0.717) is 36.9 Å². The SMILES string of the molecule is CCC1Cc2ccc(OS(=O)(=O)C(F)(F)F)cc2CCN1C(=O)c1ccc2ncsc2c1. The maximum absolute atomic E-state index is 13.3. The van der Waals surface area contributed by atoms with Crippen molar-refractivity contribution in [3.05, 3.63) is 58.6 Å². The lowest BCUT2D eigenvalue weighted by Crippen LogP contribution is -2.41. The minimum Gasteiger partial charge on any atom is -0.376 e. The summed E-state index contributed by atoms with van der Waals surface area (Å²) in [5, 5.41) is 0. The monoisotopic (exact) mass is 484 g/mol. The van der Waals surface area contributed by atoms with Crippen LogP contribution < -0.4 is 4.18 Å². The fourth-order valence-electron chi connectivity index (χ4n) is 3.83. The summed E-state index contributed by atoms with van der Waals surface area (Å²) in [6.45, 7) is 2.32. The smallest absolute Gasteiger partial charge is 0.376 e. The molecule has 2 aromatic carbocycles. The molecule has 1 aliphatic rings. The second kappa shape index (κ2) is 8.36. The van der Waals surface area contributed by atoms with Gasteiger partial charge in [-0.05, 0) is 60.7 Å². The minimum atomic E-state index is -5.74. The molecule has 170 valence electrons. The van der Waals surface area contributed by atoms with Gasteiger partial charge in [-0.3, -0.25) is 4.79 Å². The molecule has 1 atom stereocenters. The molecular formula is C21H19F3N2O4S2. The third-order valence-corrected chi connectivity index (χ3v) is 7.27. The first kappa shape index (κ1) is 22.5. The highest BCUT2D eigenvalue weighted by atomic mass is 32.2. The van der Waals surface area contributed by atoms with Crippen LogP contribution in [0.4, 0.5) is 13.2 Å². The van der Waals surface area contributed by atoms with Crippen LogP contribution in [0.3, 0.4) is 0 Å². The topological polar surface area (TPSA) is 76.6 Å². The molecule has 6 nitrogen and oxygen atoms in total. The molecule has 0 N–H and O–H groups in total. The molecule has 11 heteroatoms. The van der Waals surface area contributed by atoms with Crippen LogP contribution >= 0.6 is 11.3 Å². The molecule has 1 amide bonds. The molecule has 0 aliphatic carbocycles. The normalized spacial score (nSPS) is 17.1. The van der Waals surface area contributed by atoms with Crippen molar-refractivity contribution >= 4 is 37.6 Å². The van der Waals surface area contributed by atoms with Gasteiger partial charge in [-0.1, -0.05) is 13.0 Å². The highest BCUT2D eigenvalue weighted by Gasteiger charge is 2.48. The van der Waals surface area contributed by atoms with Gasteiger partial charge in [0.15, 0.2) is 0 Å². The van der Waals surface area contributed by atoms with Gasteiger partial charge in [0.25, 0.3) is 5.91 Å². The largest absolute Gasteiger partial charge is 0.534 e. The van der Waals surface area contributed by atoms with Crippen molar-refractivity contribution in [2.45, 2.75) is 37.7 Å². The van der Waals surface area contributed by atoms with Crippen molar-refractivity contribution in [2.75, 3.05) is 6.54 Å². The van der Waals surface area contributed by atoms with E-state index in [9.17, 15) is 26.4 Å². The van der Waals surface area contributed by atoms with Crippen LogP contribution in [0.2, 0.25) is 0 Å². The maximum atomic E-state index is 13.3. The third kappa shape index (κ3) is 4.31. The first-order valence-electron chi connectivity index (χ1n) is 9.86. The van der Waals surface area contributed by atoms with E-state index < -0.39 is 21.4 Å². The summed E-state index contributed by atoms with van der Waals surface area (Å²) in [5.41, 5.74) is -0.909. The first-order valence-corrected chi connectivity index (χ1v) is 12.1. The highest BCUT2D eigenvalue weighted by molar-refractivity contribution is 7.88. The van der Waals surface area contributed by atoms with E-state index in [-0.39, 0.29) is 11.9 Å². The van der Waals surface area contributed by atoms with Crippen LogP contribution in [0.5, 0.6) is 5.75 Å². The van der Waals surface area contributed by atoms with Gasteiger partial charge < -0.3 is 9.08 Å². The lowest BCUT2D eigenvalue weighted by molar-refractivity contribution is -0.0500. The molecule has 0 saturated carbocycles. The van der Waals surface area contributed by atoms with E-state index in [0.717, 1.165) is 15.8 Å². The predicted molar refractivity (Wildman–Crippen MR) is 114 cm³/mol. The van der Waals surface area contributed by atoms with Crippen LogP contribution in [0, 0.1) is 0 Å². The van der Waals surface area contributed by atoms with Gasteiger partial charge in [0.2, 0.25) is 0 Å². The number of carbonyl (C=O) groups is 1. The van der Waals surface area contributed by atoms with Crippen molar-refractivity contribution in [3.63, 3.8) is 0 Å². The Morgan fingerprint density at radius 1 is 1.22 bits per heavy atom. The zero-order chi connectivity index (χ0) is 23.1. The summed E-state index contributed by atoms with van der Waals surface area (Å²) in [6.07, 6.45) is 1.56. The Kier molecular flexibility index (Phi) is 5.89. The molecule has 0 spiro atoms. The molecule has 1 unspecified atom stereocenters. The number of alkyl halides is 3. The maximum Gasteiger partial charge on any atom is 0.534 e. The number of nitrogens with zero attached hydrogens (tertiary/aromatic N) is 2. The van der Waals surface area contributed by atoms with Crippen LogP contribution in [0.15, 0.2) is 41.9 Å². The highest BCUT2D eigenvalue weighted by Crippen LogP contribution is 2.31. The number of amides is 1. The van der Waals surface area contributed by atoms with E-state index in [2.05, 4.69) is 9.17 Å². The molecule has 2 heterocycles. The number of hydrogen-bond donors (Lipinski definition) is 0. The molecule has 4 rings (SSSR count). The van der Waals surface area contributed by atoms with Gasteiger partial charge in [-0.25, -0.2) is 4.98 Å². The van der Waals surface area contributed by atoms with E-state index >= 15 is 0 Å². The van der Waals surface area contributed by atoms with Gasteiger partial charge in [-0.2, -0.15) is 21.6 Å². The lowest BCUT2D eigenvalue weighted by Gasteiger charge is -2.29. The molecular weight excluding hydrogens is 465 g/mol. The summed E-state index contributed by atoms with van der Waals surface area (Å²) in [4.78, 5) is 19.3. The predicted octanol–water partition coefficient (Wildman–Crippen LogP) is 4.54. The molecule has 0 saturated heterocycles. The summed E-state index contributed by atoms with van der Waals surface area (Å²) in [7, 11) is -5.74. The average molecular weight is 485 g/mol. The Labute approximate surface area is 186 Å². The van der Waals surface area contributed by atoms with Crippen LogP contribution in [0.1, 0.15) is 34.8 Å². The number of benzene rings is 2. The number of carbonyl (C=O) groups excluding carboxylic acids is 1. The molecule has 3 aromatic rings. The van der Waals surface area contributed by atoms with Crippen molar-refractivity contribution in [3.8, 4) is 5.75 Å². The minimum absolute atomic E-state index is 0.105. The second-order valence-corrected chi connectivity index (χ2v) is 9.89. The van der Waals surface area contributed by atoms with Gasteiger partial charge in [-0.15, -0.1) is 11.3 Å². The third-order valence-electron chi connectivity index (χ3n) is 5.50. The standard InChI is InChI=1S/C21H19F3N2O4S2/c1-2-16-9-13-3-5-17(30-32(28,29)21(22,23)24)10-14(13)7-8-26(16)20(27)15-4-6-18-19(11-15)31-12-25-18/h3-6,10-12,16H,2,7-9H2,1H3. The zero-order valence-corrected chi connectivity index (χ0v) is 18.6. The summed E-state index contributed by atoms with van der Waals surface area (Å²) >= 11 is 1.45. The van der Waals surface area contributed by atoms with Gasteiger partial charge in [0, 0.05) is 18.2 Å². The fraction of sp³-hybridized carbons (Fsp3) is 0.333. The number of thiazole rings is 1. The van der Waals surface area contributed by atoms with Crippen molar-refractivity contribution in [1.82, 2.24) is 9.88 Å². The van der Waals surface area contributed by atoms with E-state index in [1.54, 1.807) is 28.6 Å². The number of rotatable bonds is 4. The number of halogens is 3. The Bertz CT molecular complexity index is 1270. The van der Waals surface area contributed by atoms with Gasteiger partial charge >= 0.3 is 15.6 Å². The van der Waals surface area contributed by atoms with Gasteiger partial charge in [0.1, 0.15) is 5.75 Å². The Morgan fingerprint density at radius 2 is 2.00 bits per heavy atom.